The van der Waals surface area contributed by atoms with Gasteiger partial charge in [-0.25, -0.2) is 4.79 Å². The molecule has 0 aliphatic heterocycles. The van der Waals surface area contributed by atoms with Crippen LogP contribution >= 0.6 is 0 Å². The van der Waals surface area contributed by atoms with Gasteiger partial charge in [-0.3, -0.25) is 4.79 Å². The maximum Gasteiger partial charge on any atom is 0.333 e. The summed E-state index contributed by atoms with van der Waals surface area (Å²) in [6.45, 7) is 1.47. The molecule has 1 rings (SSSR count). The minimum Gasteiger partial charge on any atom is -0.466 e. The van der Waals surface area contributed by atoms with Crippen LogP contribution in [0.2, 0.25) is 0 Å². The van der Waals surface area contributed by atoms with E-state index in [1.165, 1.54) is 14.0 Å². The van der Waals surface area contributed by atoms with Crippen LogP contribution < -0.4 is 5.32 Å². The van der Waals surface area contributed by atoms with E-state index in [-0.39, 0.29) is 17.9 Å². The van der Waals surface area contributed by atoms with E-state index in [9.17, 15) is 9.59 Å². The van der Waals surface area contributed by atoms with Crippen molar-refractivity contribution in [3.8, 4) is 0 Å². The summed E-state index contributed by atoms with van der Waals surface area (Å²) >= 11 is 0. The van der Waals surface area contributed by atoms with Crippen LogP contribution in [0.4, 0.5) is 0 Å². The highest BCUT2D eigenvalue weighted by atomic mass is 16.5. The summed E-state index contributed by atoms with van der Waals surface area (Å²) in [5, 5.41) is 2.75. The highest BCUT2D eigenvalue weighted by Gasteiger charge is 2.22. The Kier molecular flexibility index (Phi) is 3.06. The predicted octanol–water partition coefficient (Wildman–Crippen LogP) is 0.384. The molecule has 0 aromatic rings. The zero-order valence-electron chi connectivity index (χ0n) is 7.79. The fourth-order valence-corrected chi connectivity index (χ4v) is 1.41. The minimum atomic E-state index is -0.298. The molecule has 0 aromatic carbocycles. The molecule has 0 radical (unpaired) electrons. The summed E-state index contributed by atoms with van der Waals surface area (Å²) in [5.41, 5.74) is 0.654. The number of carbonyl (C=O) groups is 2. The fourth-order valence-electron chi connectivity index (χ4n) is 1.41. The van der Waals surface area contributed by atoms with Crippen molar-refractivity contribution in [2.24, 2.45) is 0 Å². The highest BCUT2D eigenvalue weighted by molar-refractivity contribution is 5.89. The van der Waals surface area contributed by atoms with Gasteiger partial charge >= 0.3 is 5.97 Å². The van der Waals surface area contributed by atoms with Crippen LogP contribution in [0.15, 0.2) is 11.6 Å². The number of esters is 1. The topological polar surface area (TPSA) is 55.4 Å². The van der Waals surface area contributed by atoms with Crippen molar-refractivity contribution in [2.75, 3.05) is 7.11 Å². The maximum absolute atomic E-state index is 11.0. The third-order valence-corrected chi connectivity index (χ3v) is 1.97. The van der Waals surface area contributed by atoms with Gasteiger partial charge in [-0.2, -0.15) is 0 Å². The molecular weight excluding hydrogens is 170 g/mol. The molecule has 1 unspecified atom stereocenters. The van der Waals surface area contributed by atoms with E-state index >= 15 is 0 Å². The molecule has 13 heavy (non-hydrogen) atoms. The van der Waals surface area contributed by atoms with E-state index < -0.39 is 0 Å². The molecule has 1 aliphatic carbocycles. The number of ether oxygens (including phenoxy) is 1. The smallest absolute Gasteiger partial charge is 0.333 e. The summed E-state index contributed by atoms with van der Waals surface area (Å²) in [4.78, 5) is 21.7. The van der Waals surface area contributed by atoms with Crippen LogP contribution in [0.25, 0.3) is 0 Å². The van der Waals surface area contributed by atoms with Crippen LogP contribution in [0.5, 0.6) is 0 Å². The summed E-state index contributed by atoms with van der Waals surface area (Å²) in [5.74, 6) is -0.364. The molecule has 4 nitrogen and oxygen atoms in total. The number of methoxy groups -OCH3 is 1. The van der Waals surface area contributed by atoms with Crippen LogP contribution in [-0.4, -0.2) is 25.0 Å². The quantitative estimate of drug-likeness (QED) is 0.630. The molecule has 0 saturated carbocycles. The Morgan fingerprint density at radius 3 is 2.85 bits per heavy atom. The lowest BCUT2D eigenvalue weighted by molar-refractivity contribution is -0.136. The van der Waals surface area contributed by atoms with Crippen molar-refractivity contribution in [1.29, 1.82) is 0 Å². The van der Waals surface area contributed by atoms with Gasteiger partial charge in [0.2, 0.25) is 5.91 Å². The largest absolute Gasteiger partial charge is 0.466 e. The molecule has 0 aromatic heterocycles. The number of amides is 1. The lowest BCUT2D eigenvalue weighted by Gasteiger charge is -2.09. The molecule has 0 spiro atoms. The highest BCUT2D eigenvalue weighted by Crippen LogP contribution is 2.19. The zero-order valence-corrected chi connectivity index (χ0v) is 7.79. The zero-order chi connectivity index (χ0) is 9.84. The van der Waals surface area contributed by atoms with Gasteiger partial charge in [-0.05, 0) is 12.8 Å². The van der Waals surface area contributed by atoms with Gasteiger partial charge in [0.1, 0.15) is 0 Å². The second kappa shape index (κ2) is 4.07. The summed E-state index contributed by atoms with van der Waals surface area (Å²) < 4.78 is 4.57. The van der Waals surface area contributed by atoms with E-state index in [1.54, 1.807) is 0 Å². The van der Waals surface area contributed by atoms with E-state index in [0.717, 1.165) is 0 Å². The number of nitrogens with one attached hydrogen (secondary N) is 1. The van der Waals surface area contributed by atoms with Gasteiger partial charge in [0.15, 0.2) is 0 Å². The van der Waals surface area contributed by atoms with Crippen LogP contribution in [0.3, 0.4) is 0 Å². The third-order valence-electron chi connectivity index (χ3n) is 1.97. The maximum atomic E-state index is 11.0. The van der Waals surface area contributed by atoms with Gasteiger partial charge in [0, 0.05) is 18.5 Å². The first-order chi connectivity index (χ1) is 6.13. The van der Waals surface area contributed by atoms with Crippen molar-refractivity contribution in [1.82, 2.24) is 5.32 Å². The third kappa shape index (κ3) is 2.57. The molecular formula is C9H13NO3. The number of hydrogen-bond acceptors (Lipinski definition) is 3. The Balaban J connectivity index is 2.42. The van der Waals surface area contributed by atoms with Crippen LogP contribution in [-0.2, 0) is 14.3 Å². The van der Waals surface area contributed by atoms with Crippen molar-refractivity contribution < 1.29 is 14.3 Å². The molecule has 1 amide bonds. The first-order valence-electron chi connectivity index (χ1n) is 4.18. The van der Waals surface area contributed by atoms with Crippen LogP contribution in [0.1, 0.15) is 19.8 Å². The standard InChI is InChI=1S/C9H13NO3/c1-6(11)10-8-4-3-7(5-8)9(12)13-2/h3,8H,4-5H2,1-2H3,(H,10,11). The Morgan fingerprint density at radius 2 is 2.31 bits per heavy atom. The molecule has 0 bridgehead atoms. The average Bonchev–Trinajstić information content (AvgIpc) is 2.50. The van der Waals surface area contributed by atoms with Crippen molar-refractivity contribution in [2.45, 2.75) is 25.8 Å². The Bertz CT molecular complexity index is 258. The molecule has 1 N–H and O–H groups in total. The van der Waals surface area contributed by atoms with Gasteiger partial charge in [-0.15, -0.1) is 0 Å². The summed E-state index contributed by atoms with van der Waals surface area (Å²) in [7, 11) is 1.36. The fraction of sp³-hybridized carbons (Fsp3) is 0.556. The first kappa shape index (κ1) is 9.77. The second-order valence-electron chi connectivity index (χ2n) is 3.06. The average molecular weight is 183 g/mol. The van der Waals surface area contributed by atoms with Crippen molar-refractivity contribution >= 4 is 11.9 Å². The number of hydrogen-bond donors (Lipinski definition) is 1. The normalized spacial score (nSPS) is 20.8. The van der Waals surface area contributed by atoms with E-state index in [2.05, 4.69) is 10.1 Å². The number of carbonyl (C=O) groups excluding carboxylic acids is 2. The minimum absolute atomic E-state index is 0.0617. The van der Waals surface area contributed by atoms with Crippen LogP contribution in [0, 0.1) is 0 Å². The molecule has 72 valence electrons. The van der Waals surface area contributed by atoms with Gasteiger partial charge < -0.3 is 10.1 Å². The van der Waals surface area contributed by atoms with Gasteiger partial charge in [-0.1, -0.05) is 6.08 Å². The van der Waals surface area contributed by atoms with Gasteiger partial charge in [0.25, 0.3) is 0 Å². The molecule has 4 heteroatoms. The monoisotopic (exact) mass is 183 g/mol. The predicted molar refractivity (Wildman–Crippen MR) is 46.9 cm³/mol. The first-order valence-corrected chi connectivity index (χ1v) is 4.18. The molecule has 1 aliphatic rings. The molecule has 0 heterocycles. The van der Waals surface area contributed by atoms with Crippen molar-refractivity contribution in [3.63, 3.8) is 0 Å². The Labute approximate surface area is 76.9 Å². The molecule has 0 saturated heterocycles. The summed E-state index contributed by atoms with van der Waals surface area (Å²) in [6, 6.07) is 0.0617. The Morgan fingerprint density at radius 1 is 1.62 bits per heavy atom. The Hall–Kier alpha value is -1.32. The van der Waals surface area contributed by atoms with Gasteiger partial charge in [0.05, 0.1) is 7.11 Å². The summed E-state index contributed by atoms with van der Waals surface area (Å²) in [6.07, 6.45) is 3.10. The SMILES string of the molecule is COC(=O)C1=CCC(NC(C)=O)C1. The van der Waals surface area contributed by atoms with E-state index in [4.69, 9.17) is 0 Å². The van der Waals surface area contributed by atoms with E-state index in [0.29, 0.717) is 18.4 Å². The number of rotatable bonds is 2. The van der Waals surface area contributed by atoms with E-state index in [1.807, 2.05) is 6.08 Å². The lowest BCUT2D eigenvalue weighted by Crippen LogP contribution is -2.31. The molecule has 0 fully saturated rings. The van der Waals surface area contributed by atoms with Crippen molar-refractivity contribution in [3.05, 3.63) is 11.6 Å². The lowest BCUT2D eigenvalue weighted by atomic mass is 10.2. The second-order valence-corrected chi connectivity index (χ2v) is 3.06. The molecule has 1 atom stereocenters.